The number of methoxy groups -OCH3 is 1. The van der Waals surface area contributed by atoms with Crippen molar-refractivity contribution in [1.29, 1.82) is 0 Å². The van der Waals surface area contributed by atoms with Crippen molar-refractivity contribution in [3.63, 3.8) is 0 Å². The normalized spacial score (nSPS) is 13.8. The number of benzene rings is 1. The standard InChI is InChI=1S/C21H24N2O3S/c1-26-14-13-23-20-18(16-9-5-6-10-17(16)27-20)19(24)22(21(23)25)12-11-15-7-3-2-4-8-15/h2-4,7-8H,5-6,9-14H2,1H3. The predicted octanol–water partition coefficient (Wildman–Crippen LogP) is 2.99. The molecule has 0 unspecified atom stereocenters. The maximum Gasteiger partial charge on any atom is 0.332 e. The van der Waals surface area contributed by atoms with E-state index in [1.807, 2.05) is 30.3 Å². The molecule has 1 aliphatic rings. The van der Waals surface area contributed by atoms with E-state index in [1.165, 1.54) is 15.0 Å². The van der Waals surface area contributed by atoms with Gasteiger partial charge in [0.05, 0.1) is 18.5 Å². The Balaban J connectivity index is 1.84. The molecule has 0 N–H and O–H groups in total. The van der Waals surface area contributed by atoms with E-state index >= 15 is 0 Å². The van der Waals surface area contributed by atoms with E-state index in [1.54, 1.807) is 23.0 Å². The number of hydrogen-bond acceptors (Lipinski definition) is 4. The number of thiophene rings is 1. The Morgan fingerprint density at radius 1 is 1.04 bits per heavy atom. The lowest BCUT2D eigenvalue weighted by Gasteiger charge is -2.13. The van der Waals surface area contributed by atoms with E-state index in [2.05, 4.69) is 0 Å². The lowest BCUT2D eigenvalue weighted by molar-refractivity contribution is 0.186. The Morgan fingerprint density at radius 3 is 2.59 bits per heavy atom. The van der Waals surface area contributed by atoms with Crippen LogP contribution in [0.1, 0.15) is 28.8 Å². The quantitative estimate of drug-likeness (QED) is 0.657. The van der Waals surface area contributed by atoms with Crippen molar-refractivity contribution in [3.8, 4) is 0 Å². The maximum absolute atomic E-state index is 13.3. The molecule has 2 heterocycles. The van der Waals surface area contributed by atoms with Gasteiger partial charge >= 0.3 is 5.69 Å². The third-order valence-corrected chi connectivity index (χ3v) is 6.62. The van der Waals surface area contributed by atoms with Crippen molar-refractivity contribution in [3.05, 3.63) is 67.2 Å². The number of hydrogen-bond donors (Lipinski definition) is 0. The highest BCUT2D eigenvalue weighted by atomic mass is 32.1. The molecule has 142 valence electrons. The van der Waals surface area contributed by atoms with Crippen LogP contribution >= 0.6 is 11.3 Å². The van der Waals surface area contributed by atoms with Gasteiger partial charge in [-0.25, -0.2) is 4.79 Å². The second kappa shape index (κ2) is 7.82. The Morgan fingerprint density at radius 2 is 1.81 bits per heavy atom. The molecule has 0 aliphatic heterocycles. The topological polar surface area (TPSA) is 53.2 Å². The van der Waals surface area contributed by atoms with Crippen LogP contribution in [-0.4, -0.2) is 22.9 Å². The number of aromatic nitrogens is 2. The second-order valence-electron chi connectivity index (χ2n) is 7.01. The largest absolute Gasteiger partial charge is 0.383 e. The molecule has 3 aromatic rings. The van der Waals surface area contributed by atoms with Crippen LogP contribution in [-0.2, 0) is 37.1 Å². The Hall–Kier alpha value is -2.18. The molecule has 0 saturated carbocycles. The van der Waals surface area contributed by atoms with Gasteiger partial charge in [-0.2, -0.15) is 0 Å². The second-order valence-corrected chi connectivity index (χ2v) is 8.09. The summed E-state index contributed by atoms with van der Waals surface area (Å²) in [6, 6.07) is 9.98. The van der Waals surface area contributed by atoms with Gasteiger partial charge in [-0.05, 0) is 43.2 Å². The summed E-state index contributed by atoms with van der Waals surface area (Å²) < 4.78 is 8.38. The van der Waals surface area contributed by atoms with Crippen molar-refractivity contribution in [2.45, 2.75) is 45.2 Å². The molecule has 1 aromatic carbocycles. The minimum Gasteiger partial charge on any atom is -0.383 e. The first-order chi connectivity index (χ1) is 13.2. The van der Waals surface area contributed by atoms with Gasteiger partial charge in [0.25, 0.3) is 5.56 Å². The molecule has 4 rings (SSSR count). The Kier molecular flexibility index (Phi) is 5.27. The third-order valence-electron chi connectivity index (χ3n) is 5.30. The van der Waals surface area contributed by atoms with Crippen LogP contribution in [0.25, 0.3) is 10.2 Å². The minimum absolute atomic E-state index is 0.126. The summed E-state index contributed by atoms with van der Waals surface area (Å²) >= 11 is 1.62. The monoisotopic (exact) mass is 384 g/mol. The lowest BCUT2D eigenvalue weighted by atomic mass is 9.97. The summed E-state index contributed by atoms with van der Waals surface area (Å²) in [6.45, 7) is 1.32. The fourth-order valence-corrected chi connectivity index (χ4v) is 5.28. The summed E-state index contributed by atoms with van der Waals surface area (Å²) in [4.78, 5) is 28.5. The molecule has 6 heteroatoms. The molecule has 1 aliphatic carbocycles. The van der Waals surface area contributed by atoms with Gasteiger partial charge in [-0.3, -0.25) is 13.9 Å². The zero-order valence-corrected chi connectivity index (χ0v) is 16.4. The van der Waals surface area contributed by atoms with Crippen LogP contribution in [0.15, 0.2) is 39.9 Å². The molecule has 5 nitrogen and oxygen atoms in total. The van der Waals surface area contributed by atoms with Crippen LogP contribution in [0.3, 0.4) is 0 Å². The summed E-state index contributed by atoms with van der Waals surface area (Å²) in [5, 5.41) is 0.762. The highest BCUT2D eigenvalue weighted by Gasteiger charge is 2.23. The first kappa shape index (κ1) is 18.2. The fraction of sp³-hybridized carbons (Fsp3) is 0.429. The van der Waals surface area contributed by atoms with Crippen molar-refractivity contribution >= 4 is 21.6 Å². The maximum atomic E-state index is 13.3. The smallest absolute Gasteiger partial charge is 0.332 e. The van der Waals surface area contributed by atoms with Crippen LogP contribution in [0.2, 0.25) is 0 Å². The molecule has 0 fully saturated rings. The van der Waals surface area contributed by atoms with Crippen molar-refractivity contribution in [2.75, 3.05) is 13.7 Å². The molecule has 0 spiro atoms. The number of rotatable bonds is 6. The highest BCUT2D eigenvalue weighted by molar-refractivity contribution is 7.18. The van der Waals surface area contributed by atoms with Crippen molar-refractivity contribution in [2.24, 2.45) is 0 Å². The zero-order valence-electron chi connectivity index (χ0n) is 15.6. The summed E-state index contributed by atoms with van der Waals surface area (Å²) in [7, 11) is 1.63. The van der Waals surface area contributed by atoms with E-state index in [-0.39, 0.29) is 11.2 Å². The summed E-state index contributed by atoms with van der Waals surface area (Å²) in [5.74, 6) is 0. The number of fused-ring (bicyclic) bond motifs is 3. The molecular formula is C21H24N2O3S. The van der Waals surface area contributed by atoms with Crippen molar-refractivity contribution < 1.29 is 4.74 Å². The van der Waals surface area contributed by atoms with Gasteiger partial charge in [0.15, 0.2) is 0 Å². The summed E-state index contributed by atoms with van der Waals surface area (Å²) in [6.07, 6.45) is 4.88. The predicted molar refractivity (Wildman–Crippen MR) is 109 cm³/mol. The van der Waals surface area contributed by atoms with E-state index in [0.29, 0.717) is 26.1 Å². The number of aryl methyl sites for hydroxylation is 3. The van der Waals surface area contributed by atoms with Gasteiger partial charge in [-0.15, -0.1) is 11.3 Å². The molecule has 0 bridgehead atoms. The van der Waals surface area contributed by atoms with Gasteiger partial charge < -0.3 is 4.74 Å². The minimum atomic E-state index is -0.223. The van der Waals surface area contributed by atoms with Crippen LogP contribution < -0.4 is 11.2 Å². The number of nitrogens with zero attached hydrogens (tertiary/aromatic N) is 2. The van der Waals surface area contributed by atoms with E-state index in [0.717, 1.165) is 41.5 Å². The summed E-state index contributed by atoms with van der Waals surface area (Å²) in [5.41, 5.74) is 1.95. The third kappa shape index (κ3) is 3.39. The van der Waals surface area contributed by atoms with Gasteiger partial charge in [0.1, 0.15) is 4.83 Å². The molecule has 0 radical (unpaired) electrons. The number of ether oxygens (including phenoxy) is 1. The van der Waals surface area contributed by atoms with E-state index in [4.69, 9.17) is 4.74 Å². The molecule has 2 aromatic heterocycles. The molecule has 27 heavy (non-hydrogen) atoms. The molecule has 0 atom stereocenters. The average molecular weight is 385 g/mol. The van der Waals surface area contributed by atoms with Crippen LogP contribution in [0.4, 0.5) is 0 Å². The zero-order chi connectivity index (χ0) is 18.8. The molecular weight excluding hydrogens is 360 g/mol. The Labute approximate surface area is 161 Å². The first-order valence-electron chi connectivity index (χ1n) is 9.51. The fourth-order valence-electron chi connectivity index (χ4n) is 3.88. The van der Waals surface area contributed by atoms with E-state index < -0.39 is 0 Å². The van der Waals surface area contributed by atoms with Crippen LogP contribution in [0.5, 0.6) is 0 Å². The average Bonchev–Trinajstić information content (AvgIpc) is 3.08. The van der Waals surface area contributed by atoms with Gasteiger partial charge in [0, 0.05) is 18.5 Å². The Bertz CT molecular complexity index is 1060. The highest BCUT2D eigenvalue weighted by Crippen LogP contribution is 2.34. The first-order valence-corrected chi connectivity index (χ1v) is 10.3. The van der Waals surface area contributed by atoms with Gasteiger partial charge in [-0.1, -0.05) is 30.3 Å². The molecule has 0 saturated heterocycles. The lowest BCUT2D eigenvalue weighted by Crippen LogP contribution is -2.40. The van der Waals surface area contributed by atoms with E-state index in [9.17, 15) is 9.59 Å². The van der Waals surface area contributed by atoms with Crippen LogP contribution in [0, 0.1) is 0 Å². The SMILES string of the molecule is COCCn1c(=O)n(CCc2ccccc2)c(=O)c2c3c(sc21)CCCC3. The van der Waals surface area contributed by atoms with Crippen molar-refractivity contribution in [1.82, 2.24) is 9.13 Å². The molecule has 0 amide bonds. The van der Waals surface area contributed by atoms with Gasteiger partial charge in [0.2, 0.25) is 0 Å².